The van der Waals surface area contributed by atoms with Crippen molar-refractivity contribution >= 4 is 29.0 Å². The molecule has 162 valence electrons. The molecule has 0 spiro atoms. The second-order valence-electron chi connectivity index (χ2n) is 7.22. The molecule has 0 fully saturated rings. The maximum Gasteiger partial charge on any atom is 0.266 e. The second kappa shape index (κ2) is 9.73. The molecule has 1 aromatic heterocycles. The first kappa shape index (κ1) is 21.7. The Kier molecular flexibility index (Phi) is 6.39. The Bertz CT molecular complexity index is 1450. The van der Waals surface area contributed by atoms with Crippen molar-refractivity contribution in [3.05, 3.63) is 106 Å². The molecule has 1 amide bonds. The zero-order valence-electron chi connectivity index (χ0n) is 17.6. The van der Waals surface area contributed by atoms with E-state index in [1.165, 1.54) is 4.57 Å². The molecule has 0 bridgehead atoms. The van der Waals surface area contributed by atoms with Gasteiger partial charge in [-0.25, -0.2) is 4.98 Å². The summed E-state index contributed by atoms with van der Waals surface area (Å²) in [6, 6.07) is 22.9. The lowest BCUT2D eigenvalue weighted by Crippen LogP contribution is -2.27. The molecule has 0 aliphatic heterocycles. The Labute approximate surface area is 189 Å². The van der Waals surface area contributed by atoms with Crippen molar-refractivity contribution in [1.29, 1.82) is 5.26 Å². The van der Waals surface area contributed by atoms with Crippen molar-refractivity contribution in [2.45, 2.75) is 0 Å². The van der Waals surface area contributed by atoms with E-state index in [2.05, 4.69) is 16.4 Å². The van der Waals surface area contributed by atoms with Gasteiger partial charge in [-0.05, 0) is 54.1 Å². The third-order valence-corrected chi connectivity index (χ3v) is 5.03. The number of carbonyl (C=O) groups is 1. The van der Waals surface area contributed by atoms with Crippen LogP contribution in [-0.4, -0.2) is 33.7 Å². The van der Waals surface area contributed by atoms with Crippen molar-refractivity contribution in [2.24, 2.45) is 0 Å². The Morgan fingerprint density at radius 2 is 1.85 bits per heavy atom. The largest absolute Gasteiger partial charge is 0.395 e. The van der Waals surface area contributed by atoms with Crippen LogP contribution in [0.15, 0.2) is 77.6 Å². The number of fused-ring (bicyclic) bond motifs is 1. The molecule has 4 aromatic rings. The first-order chi connectivity index (χ1) is 16.1. The first-order valence-electron chi connectivity index (χ1n) is 10.3. The highest BCUT2D eigenvalue weighted by Crippen LogP contribution is 2.17. The zero-order valence-corrected chi connectivity index (χ0v) is 17.6. The fourth-order valence-electron chi connectivity index (χ4n) is 3.41. The molecule has 7 heteroatoms. The average molecular weight is 436 g/mol. The lowest BCUT2D eigenvalue weighted by Gasteiger charge is -2.13. The lowest BCUT2D eigenvalue weighted by atomic mass is 10.1. The minimum Gasteiger partial charge on any atom is -0.395 e. The quantitative estimate of drug-likeness (QED) is 0.483. The van der Waals surface area contributed by atoms with Gasteiger partial charge in [0.15, 0.2) is 0 Å². The molecular formula is C26H20N4O3. The van der Waals surface area contributed by atoms with Crippen molar-refractivity contribution in [1.82, 2.24) is 14.9 Å². The number of hydrogen-bond donors (Lipinski definition) is 2. The van der Waals surface area contributed by atoms with Crippen LogP contribution in [0.1, 0.15) is 27.3 Å². The zero-order chi connectivity index (χ0) is 23.2. The van der Waals surface area contributed by atoms with E-state index < -0.39 is 0 Å². The predicted molar refractivity (Wildman–Crippen MR) is 127 cm³/mol. The van der Waals surface area contributed by atoms with E-state index in [1.54, 1.807) is 60.7 Å². The van der Waals surface area contributed by atoms with Crippen molar-refractivity contribution in [3.63, 3.8) is 0 Å². The Morgan fingerprint density at radius 3 is 2.61 bits per heavy atom. The fourth-order valence-corrected chi connectivity index (χ4v) is 3.41. The summed E-state index contributed by atoms with van der Waals surface area (Å²) in [6.07, 6.45) is 3.54. The molecular weight excluding hydrogens is 416 g/mol. The summed E-state index contributed by atoms with van der Waals surface area (Å²) in [6.45, 7) is -0.0249. The van der Waals surface area contributed by atoms with Gasteiger partial charge in [-0.3, -0.25) is 14.2 Å². The number of rotatable bonds is 6. The minimum atomic E-state index is -0.345. The van der Waals surface area contributed by atoms with Gasteiger partial charge in [-0.15, -0.1) is 0 Å². The Balaban J connectivity index is 1.84. The summed E-state index contributed by atoms with van der Waals surface area (Å²) in [4.78, 5) is 30.5. The van der Waals surface area contributed by atoms with Crippen LogP contribution in [0.5, 0.6) is 0 Å². The van der Waals surface area contributed by atoms with E-state index in [0.29, 0.717) is 33.5 Å². The maximum atomic E-state index is 13.4. The van der Waals surface area contributed by atoms with Gasteiger partial charge in [0.1, 0.15) is 5.82 Å². The van der Waals surface area contributed by atoms with Gasteiger partial charge in [0.05, 0.1) is 34.8 Å². The number of aromatic nitrogens is 2. The highest BCUT2D eigenvalue weighted by Gasteiger charge is 2.13. The van der Waals surface area contributed by atoms with Gasteiger partial charge in [0, 0.05) is 12.1 Å². The molecule has 0 radical (unpaired) electrons. The number of hydrogen-bond acceptors (Lipinski definition) is 5. The molecule has 7 nitrogen and oxygen atoms in total. The van der Waals surface area contributed by atoms with Crippen LogP contribution in [0.3, 0.4) is 0 Å². The summed E-state index contributed by atoms with van der Waals surface area (Å²) in [5.74, 6) is 0.0540. The molecule has 2 N–H and O–H groups in total. The van der Waals surface area contributed by atoms with Crippen LogP contribution in [0, 0.1) is 11.3 Å². The lowest BCUT2D eigenvalue weighted by molar-refractivity contribution is 0.0944. The predicted octanol–water partition coefficient (Wildman–Crippen LogP) is 3.15. The fraction of sp³-hybridized carbons (Fsp3) is 0.0769. The number of para-hydroxylation sites is 1. The monoisotopic (exact) mass is 436 g/mol. The number of aliphatic hydroxyl groups excluding tert-OH is 1. The normalized spacial score (nSPS) is 10.9. The van der Waals surface area contributed by atoms with Gasteiger partial charge in [0.25, 0.3) is 11.5 Å². The molecule has 3 aromatic carbocycles. The maximum absolute atomic E-state index is 13.4. The molecule has 0 saturated carbocycles. The van der Waals surface area contributed by atoms with Gasteiger partial charge >= 0.3 is 0 Å². The molecule has 1 heterocycles. The second-order valence-corrected chi connectivity index (χ2v) is 7.22. The topological polar surface area (TPSA) is 108 Å². The highest BCUT2D eigenvalue weighted by atomic mass is 16.3. The van der Waals surface area contributed by atoms with E-state index in [0.717, 1.165) is 5.56 Å². The van der Waals surface area contributed by atoms with Crippen LogP contribution < -0.4 is 10.9 Å². The van der Waals surface area contributed by atoms with E-state index >= 15 is 0 Å². The third-order valence-electron chi connectivity index (χ3n) is 5.03. The molecule has 0 aliphatic rings. The van der Waals surface area contributed by atoms with E-state index in [9.17, 15) is 9.59 Å². The number of carbonyl (C=O) groups excluding carboxylic acids is 1. The number of benzene rings is 3. The molecule has 0 saturated heterocycles. The molecule has 4 rings (SSSR count). The van der Waals surface area contributed by atoms with Crippen molar-refractivity contribution < 1.29 is 9.90 Å². The van der Waals surface area contributed by atoms with Crippen LogP contribution >= 0.6 is 0 Å². The standard InChI is InChI=1S/C26H20N4O3/c27-17-19-10-8-18(9-11-19)12-13-24-29-23-7-2-1-6-22(23)26(33)30(24)21-5-3-4-20(16-21)25(32)28-14-15-31/h1-13,16,31H,14-15H2,(H,28,32)/b13-12+. The molecule has 0 atom stereocenters. The highest BCUT2D eigenvalue weighted by molar-refractivity contribution is 5.94. The van der Waals surface area contributed by atoms with Crippen LogP contribution in [0.2, 0.25) is 0 Å². The minimum absolute atomic E-state index is 0.138. The summed E-state index contributed by atoms with van der Waals surface area (Å²) in [5, 5.41) is 21.0. The van der Waals surface area contributed by atoms with Crippen LogP contribution in [0.25, 0.3) is 28.7 Å². The van der Waals surface area contributed by atoms with Crippen LogP contribution in [-0.2, 0) is 0 Å². The smallest absolute Gasteiger partial charge is 0.266 e. The number of nitriles is 1. The molecule has 0 aliphatic carbocycles. The molecule has 33 heavy (non-hydrogen) atoms. The Morgan fingerprint density at radius 1 is 1.06 bits per heavy atom. The summed E-state index contributed by atoms with van der Waals surface area (Å²) >= 11 is 0. The summed E-state index contributed by atoms with van der Waals surface area (Å²) < 4.78 is 1.46. The Hall–Kier alpha value is -4.54. The molecule has 0 unspecified atom stereocenters. The number of nitrogens with zero attached hydrogens (tertiary/aromatic N) is 3. The average Bonchev–Trinajstić information content (AvgIpc) is 2.86. The van der Waals surface area contributed by atoms with Gasteiger partial charge in [-0.2, -0.15) is 5.26 Å². The number of amides is 1. The van der Waals surface area contributed by atoms with Crippen LogP contribution in [0.4, 0.5) is 0 Å². The van der Waals surface area contributed by atoms with Gasteiger partial charge < -0.3 is 10.4 Å². The summed E-state index contributed by atoms with van der Waals surface area (Å²) in [7, 11) is 0. The van der Waals surface area contributed by atoms with E-state index in [-0.39, 0.29) is 24.6 Å². The third kappa shape index (κ3) is 4.71. The van der Waals surface area contributed by atoms with Crippen molar-refractivity contribution in [3.8, 4) is 11.8 Å². The number of nitrogens with one attached hydrogen (secondary N) is 1. The van der Waals surface area contributed by atoms with Gasteiger partial charge in [0.2, 0.25) is 0 Å². The number of aliphatic hydroxyl groups is 1. The van der Waals surface area contributed by atoms with Gasteiger partial charge in [-0.1, -0.05) is 36.4 Å². The summed E-state index contributed by atoms with van der Waals surface area (Å²) in [5.41, 5.74) is 2.57. The van der Waals surface area contributed by atoms with E-state index in [4.69, 9.17) is 10.4 Å². The SMILES string of the molecule is N#Cc1ccc(/C=C/c2nc3ccccc3c(=O)n2-c2cccc(C(=O)NCCO)c2)cc1. The van der Waals surface area contributed by atoms with E-state index in [1.807, 2.05) is 24.3 Å². The first-order valence-corrected chi connectivity index (χ1v) is 10.3. The van der Waals surface area contributed by atoms with Crippen molar-refractivity contribution in [2.75, 3.05) is 13.2 Å².